The summed E-state index contributed by atoms with van der Waals surface area (Å²) in [6.07, 6.45) is 0.777. The van der Waals surface area contributed by atoms with E-state index >= 15 is 0 Å². The van der Waals surface area contributed by atoms with Gasteiger partial charge in [-0.25, -0.2) is 0 Å². The molecule has 2 aromatic carbocycles. The summed E-state index contributed by atoms with van der Waals surface area (Å²) in [5.74, 6) is 1.08. The summed E-state index contributed by atoms with van der Waals surface area (Å²) in [6.45, 7) is 4.27. The van der Waals surface area contributed by atoms with E-state index in [4.69, 9.17) is 9.57 Å². The highest BCUT2D eigenvalue weighted by atomic mass is 16.6. The van der Waals surface area contributed by atoms with Gasteiger partial charge in [-0.3, -0.25) is 0 Å². The molecule has 0 aliphatic carbocycles. The second-order valence-corrected chi connectivity index (χ2v) is 5.56. The van der Waals surface area contributed by atoms with Crippen LogP contribution in [0.4, 0.5) is 0 Å². The fraction of sp³-hybridized carbons (Fsp3) is 0.300. The van der Waals surface area contributed by atoms with Crippen LogP contribution in [0.25, 0.3) is 0 Å². The Morgan fingerprint density at radius 2 is 1.79 bits per heavy atom. The zero-order chi connectivity index (χ0) is 17.4. The first-order valence-corrected chi connectivity index (χ1v) is 8.03. The molecule has 0 fully saturated rings. The van der Waals surface area contributed by atoms with E-state index in [9.17, 15) is 5.26 Å². The third-order valence-corrected chi connectivity index (χ3v) is 3.98. The number of rotatable bonds is 7. The quantitative estimate of drug-likeness (QED) is 0.547. The van der Waals surface area contributed by atoms with E-state index in [0.717, 1.165) is 23.3 Å². The van der Waals surface area contributed by atoms with Gasteiger partial charge >= 0.3 is 0 Å². The minimum absolute atomic E-state index is 0.177. The lowest BCUT2D eigenvalue weighted by molar-refractivity contribution is 0.141. The minimum atomic E-state index is -0.177. The molecule has 2 unspecified atom stereocenters. The molecule has 2 atom stereocenters. The number of hydrogen-bond acceptors (Lipinski definition) is 4. The molecule has 0 saturated heterocycles. The summed E-state index contributed by atoms with van der Waals surface area (Å²) < 4.78 is 6.26. The number of benzene rings is 2. The number of para-hydroxylation sites is 1. The van der Waals surface area contributed by atoms with Crippen LogP contribution in [0.2, 0.25) is 0 Å². The fourth-order valence-corrected chi connectivity index (χ4v) is 2.53. The third-order valence-electron chi connectivity index (χ3n) is 3.98. The van der Waals surface area contributed by atoms with Crippen molar-refractivity contribution in [1.29, 1.82) is 5.26 Å². The molecular weight excluding hydrogens is 300 g/mol. The predicted octanol–water partition coefficient (Wildman–Crippen LogP) is 4.73. The van der Waals surface area contributed by atoms with Gasteiger partial charge < -0.3 is 9.57 Å². The summed E-state index contributed by atoms with van der Waals surface area (Å²) in [4.78, 5) is 4.81. The SMILES string of the molecule is CCC(C)C(Oc1ccccc1)c1ccccc1C(C#N)=NOC. The van der Waals surface area contributed by atoms with Crippen molar-refractivity contribution in [2.24, 2.45) is 11.1 Å². The summed E-state index contributed by atoms with van der Waals surface area (Å²) in [6, 6.07) is 19.5. The van der Waals surface area contributed by atoms with Gasteiger partial charge in [-0.05, 0) is 24.5 Å². The molecule has 0 aliphatic heterocycles. The molecule has 0 saturated carbocycles. The van der Waals surface area contributed by atoms with Gasteiger partial charge in [0.05, 0.1) is 0 Å². The molecule has 124 valence electrons. The molecule has 0 aromatic heterocycles. The molecule has 4 heteroatoms. The highest BCUT2D eigenvalue weighted by Gasteiger charge is 2.24. The van der Waals surface area contributed by atoms with E-state index < -0.39 is 0 Å². The van der Waals surface area contributed by atoms with Crippen molar-refractivity contribution in [3.63, 3.8) is 0 Å². The maximum absolute atomic E-state index is 9.40. The number of nitriles is 1. The van der Waals surface area contributed by atoms with E-state index in [1.807, 2.05) is 54.6 Å². The smallest absolute Gasteiger partial charge is 0.187 e. The standard InChI is InChI=1S/C20H22N2O2/c1-4-15(2)20(24-16-10-6-5-7-11-16)18-13-9-8-12-17(18)19(14-21)22-23-3/h5-13,15,20H,4H2,1-3H3. The van der Waals surface area contributed by atoms with Crippen LogP contribution in [0.5, 0.6) is 5.75 Å². The Hall–Kier alpha value is -2.80. The molecule has 0 N–H and O–H groups in total. The van der Waals surface area contributed by atoms with E-state index in [2.05, 4.69) is 25.1 Å². The molecule has 0 heterocycles. The summed E-state index contributed by atoms with van der Waals surface area (Å²) >= 11 is 0. The second kappa shape index (κ2) is 8.73. The van der Waals surface area contributed by atoms with Crippen molar-refractivity contribution in [3.05, 3.63) is 65.7 Å². The number of ether oxygens (including phenoxy) is 1. The average molecular weight is 322 g/mol. The fourth-order valence-electron chi connectivity index (χ4n) is 2.53. The monoisotopic (exact) mass is 322 g/mol. The van der Waals surface area contributed by atoms with Crippen molar-refractivity contribution >= 4 is 5.71 Å². The molecule has 24 heavy (non-hydrogen) atoms. The molecule has 0 spiro atoms. The van der Waals surface area contributed by atoms with Crippen molar-refractivity contribution in [1.82, 2.24) is 0 Å². The molecule has 2 rings (SSSR count). The Balaban J connectivity index is 2.47. The lowest BCUT2D eigenvalue weighted by Gasteiger charge is -2.26. The van der Waals surface area contributed by atoms with E-state index in [1.165, 1.54) is 7.11 Å². The first-order chi connectivity index (χ1) is 11.7. The summed E-state index contributed by atoms with van der Waals surface area (Å²) in [7, 11) is 1.44. The topological polar surface area (TPSA) is 54.6 Å². The van der Waals surface area contributed by atoms with Crippen LogP contribution in [0, 0.1) is 17.2 Å². The molecule has 0 aliphatic rings. The van der Waals surface area contributed by atoms with Crippen molar-refractivity contribution in [2.45, 2.75) is 26.4 Å². The molecule has 0 bridgehead atoms. The Labute approximate surface area is 143 Å². The van der Waals surface area contributed by atoms with Crippen LogP contribution in [0.3, 0.4) is 0 Å². The Kier molecular flexibility index (Phi) is 6.39. The zero-order valence-corrected chi connectivity index (χ0v) is 14.3. The van der Waals surface area contributed by atoms with Gasteiger partial charge in [0.2, 0.25) is 0 Å². The molecule has 0 radical (unpaired) electrons. The van der Waals surface area contributed by atoms with Gasteiger partial charge in [0, 0.05) is 11.1 Å². The Morgan fingerprint density at radius 1 is 1.12 bits per heavy atom. The van der Waals surface area contributed by atoms with E-state index in [1.54, 1.807) is 0 Å². The summed E-state index contributed by atoms with van der Waals surface area (Å²) in [5, 5.41) is 13.2. The van der Waals surface area contributed by atoms with Crippen molar-refractivity contribution < 1.29 is 9.57 Å². The van der Waals surface area contributed by atoms with Crippen molar-refractivity contribution in [3.8, 4) is 11.8 Å². The second-order valence-electron chi connectivity index (χ2n) is 5.56. The lowest BCUT2D eigenvalue weighted by Crippen LogP contribution is -2.19. The van der Waals surface area contributed by atoms with Crippen LogP contribution in [-0.2, 0) is 4.84 Å². The van der Waals surface area contributed by atoms with Crippen LogP contribution >= 0.6 is 0 Å². The summed E-state index contributed by atoms with van der Waals surface area (Å²) in [5.41, 5.74) is 1.93. The highest BCUT2D eigenvalue weighted by Crippen LogP contribution is 2.32. The van der Waals surface area contributed by atoms with E-state index in [0.29, 0.717) is 0 Å². The van der Waals surface area contributed by atoms with Crippen molar-refractivity contribution in [2.75, 3.05) is 7.11 Å². The van der Waals surface area contributed by atoms with Gasteiger partial charge in [-0.2, -0.15) is 5.26 Å². The first kappa shape index (κ1) is 17.6. The van der Waals surface area contributed by atoms with Gasteiger partial charge in [-0.1, -0.05) is 61.5 Å². The third kappa shape index (κ3) is 4.14. The van der Waals surface area contributed by atoms with E-state index in [-0.39, 0.29) is 17.7 Å². The molecule has 0 amide bonds. The first-order valence-electron chi connectivity index (χ1n) is 8.03. The normalized spacial score (nSPS) is 13.7. The van der Waals surface area contributed by atoms with Gasteiger partial charge in [0.25, 0.3) is 0 Å². The molecule has 4 nitrogen and oxygen atoms in total. The Morgan fingerprint density at radius 3 is 2.42 bits per heavy atom. The maximum atomic E-state index is 9.40. The molecule has 2 aromatic rings. The van der Waals surface area contributed by atoms with Gasteiger partial charge in [0.1, 0.15) is 25.0 Å². The molecular formula is C20H22N2O2. The predicted molar refractivity (Wildman–Crippen MR) is 94.9 cm³/mol. The minimum Gasteiger partial charge on any atom is -0.485 e. The largest absolute Gasteiger partial charge is 0.485 e. The number of oxime groups is 1. The highest BCUT2D eigenvalue weighted by molar-refractivity contribution is 6.12. The van der Waals surface area contributed by atoms with Crippen LogP contribution in [-0.4, -0.2) is 12.8 Å². The van der Waals surface area contributed by atoms with Crippen LogP contribution < -0.4 is 4.74 Å². The lowest BCUT2D eigenvalue weighted by atomic mass is 9.90. The average Bonchev–Trinajstić information content (AvgIpc) is 2.64. The maximum Gasteiger partial charge on any atom is 0.187 e. The zero-order valence-electron chi connectivity index (χ0n) is 14.3. The number of hydrogen-bond donors (Lipinski definition) is 0. The van der Waals surface area contributed by atoms with Gasteiger partial charge in [-0.15, -0.1) is 0 Å². The van der Waals surface area contributed by atoms with Crippen LogP contribution in [0.1, 0.15) is 37.5 Å². The Bertz CT molecular complexity index is 720. The van der Waals surface area contributed by atoms with Crippen LogP contribution in [0.15, 0.2) is 59.8 Å². The van der Waals surface area contributed by atoms with Gasteiger partial charge in [0.15, 0.2) is 5.71 Å². The number of nitrogens with zero attached hydrogens (tertiary/aromatic N) is 2.